The van der Waals surface area contributed by atoms with Crippen LogP contribution in [0.1, 0.15) is 55.5 Å². The highest BCUT2D eigenvalue weighted by Crippen LogP contribution is 2.64. The van der Waals surface area contributed by atoms with E-state index >= 15 is 0 Å². The third kappa shape index (κ3) is 2.68. The first kappa shape index (κ1) is 16.9. The van der Waals surface area contributed by atoms with E-state index in [1.54, 1.807) is 0 Å². The van der Waals surface area contributed by atoms with Crippen molar-refractivity contribution in [2.24, 2.45) is 17.3 Å². The van der Waals surface area contributed by atoms with Crippen LogP contribution >= 0.6 is 0 Å². The van der Waals surface area contributed by atoms with Crippen molar-refractivity contribution >= 4 is 11.6 Å². The standard InChI is InChI=1S/C21H27N5O/c1-13-4-14(2)6-18(5-13)22-19(27)20-8-16-7-17(9-20)11-21(10-16,12-20)26-24-15(3)23-25-26/h4-6,16-17H,7-12H2,1-3H3,(H,22,27)/t16-,17+,20?,21?. The van der Waals surface area contributed by atoms with Crippen LogP contribution in [0.3, 0.4) is 0 Å². The summed E-state index contributed by atoms with van der Waals surface area (Å²) >= 11 is 0. The van der Waals surface area contributed by atoms with E-state index in [4.69, 9.17) is 0 Å². The number of carbonyl (C=O) groups is 1. The van der Waals surface area contributed by atoms with Crippen molar-refractivity contribution in [2.75, 3.05) is 5.32 Å². The second-order valence-electron chi connectivity index (χ2n) is 9.42. The number of anilines is 1. The van der Waals surface area contributed by atoms with Gasteiger partial charge in [0.1, 0.15) is 0 Å². The molecule has 1 aromatic heterocycles. The van der Waals surface area contributed by atoms with Crippen molar-refractivity contribution in [1.82, 2.24) is 20.2 Å². The van der Waals surface area contributed by atoms with Crippen LogP contribution in [0.2, 0.25) is 0 Å². The molecule has 4 aliphatic rings. The van der Waals surface area contributed by atoms with Crippen molar-refractivity contribution in [3.05, 3.63) is 35.2 Å². The van der Waals surface area contributed by atoms with Crippen LogP contribution in [-0.4, -0.2) is 26.1 Å². The van der Waals surface area contributed by atoms with Crippen LogP contribution in [0.5, 0.6) is 0 Å². The van der Waals surface area contributed by atoms with Crippen LogP contribution in [-0.2, 0) is 10.3 Å². The molecule has 6 nitrogen and oxygen atoms in total. The van der Waals surface area contributed by atoms with Crippen molar-refractivity contribution < 1.29 is 4.79 Å². The van der Waals surface area contributed by atoms with Crippen molar-refractivity contribution in [3.63, 3.8) is 0 Å². The molecule has 1 heterocycles. The van der Waals surface area contributed by atoms with Crippen LogP contribution in [0.15, 0.2) is 18.2 Å². The van der Waals surface area contributed by atoms with E-state index in [1.807, 2.05) is 11.7 Å². The zero-order valence-corrected chi connectivity index (χ0v) is 16.3. The lowest BCUT2D eigenvalue weighted by Gasteiger charge is -2.60. The number of benzene rings is 1. The third-order valence-electron chi connectivity index (χ3n) is 6.93. The van der Waals surface area contributed by atoms with Crippen molar-refractivity contribution in [2.45, 2.75) is 64.8 Å². The molecule has 1 N–H and O–H groups in total. The number of aryl methyl sites for hydroxylation is 3. The van der Waals surface area contributed by atoms with Gasteiger partial charge < -0.3 is 5.32 Å². The first-order chi connectivity index (χ1) is 12.9. The van der Waals surface area contributed by atoms with Gasteiger partial charge in [-0.15, -0.1) is 10.2 Å². The molecule has 2 aromatic rings. The molecule has 4 atom stereocenters. The smallest absolute Gasteiger partial charge is 0.230 e. The number of amides is 1. The van der Waals surface area contributed by atoms with Crippen LogP contribution in [0.4, 0.5) is 5.69 Å². The summed E-state index contributed by atoms with van der Waals surface area (Å²) in [6.07, 6.45) is 6.23. The van der Waals surface area contributed by atoms with Gasteiger partial charge in [0.15, 0.2) is 5.82 Å². The molecule has 4 saturated carbocycles. The van der Waals surface area contributed by atoms with Gasteiger partial charge in [-0.05, 0) is 99.6 Å². The summed E-state index contributed by atoms with van der Waals surface area (Å²) in [5, 5.41) is 16.3. The van der Waals surface area contributed by atoms with E-state index in [0.717, 1.165) is 37.8 Å². The second-order valence-corrected chi connectivity index (χ2v) is 9.42. The summed E-state index contributed by atoms with van der Waals surface area (Å²) < 4.78 is 0. The van der Waals surface area contributed by atoms with E-state index in [2.05, 4.69) is 52.8 Å². The number of tetrazole rings is 1. The Balaban J connectivity index is 1.47. The SMILES string of the molecule is Cc1cc(C)cc(NC(=O)C23C[C@H]4C[C@@H](C2)CC(n2nnc(C)n2)(C4)C3)c1. The normalized spacial score (nSPS) is 34.0. The maximum absolute atomic E-state index is 13.5. The van der Waals surface area contributed by atoms with E-state index in [1.165, 1.54) is 17.5 Å². The summed E-state index contributed by atoms with van der Waals surface area (Å²) in [7, 11) is 0. The Morgan fingerprint density at radius 3 is 2.33 bits per heavy atom. The fourth-order valence-electron chi connectivity index (χ4n) is 6.51. The first-order valence-corrected chi connectivity index (χ1v) is 10.0. The number of aromatic nitrogens is 4. The molecular weight excluding hydrogens is 338 g/mol. The predicted octanol–water partition coefficient (Wildman–Crippen LogP) is 3.53. The molecule has 4 fully saturated rings. The number of hydrogen-bond donors (Lipinski definition) is 1. The molecular formula is C21H27N5O. The highest BCUT2D eigenvalue weighted by molar-refractivity contribution is 5.96. The second kappa shape index (κ2) is 5.63. The summed E-state index contributed by atoms with van der Waals surface area (Å²) in [6, 6.07) is 6.25. The molecule has 1 aromatic carbocycles. The third-order valence-corrected chi connectivity index (χ3v) is 6.93. The fraction of sp³-hybridized carbons (Fsp3) is 0.619. The summed E-state index contributed by atoms with van der Waals surface area (Å²) in [5.41, 5.74) is 2.83. The van der Waals surface area contributed by atoms with E-state index in [9.17, 15) is 4.79 Å². The van der Waals surface area contributed by atoms with Gasteiger partial charge in [-0.2, -0.15) is 4.80 Å². The Bertz CT molecular complexity index is 883. The Kier molecular flexibility index (Phi) is 3.52. The Morgan fingerprint density at radius 2 is 1.74 bits per heavy atom. The lowest BCUT2D eigenvalue weighted by Crippen LogP contribution is -2.60. The average Bonchev–Trinajstić information content (AvgIpc) is 3.00. The highest BCUT2D eigenvalue weighted by Gasteiger charge is 2.62. The lowest BCUT2D eigenvalue weighted by atomic mass is 9.46. The first-order valence-electron chi connectivity index (χ1n) is 10.0. The Hall–Kier alpha value is -2.24. The molecule has 6 heteroatoms. The minimum Gasteiger partial charge on any atom is -0.326 e. The van der Waals surface area contributed by atoms with Crippen molar-refractivity contribution in [3.8, 4) is 0 Å². The van der Waals surface area contributed by atoms with Crippen LogP contribution < -0.4 is 5.32 Å². The average molecular weight is 365 g/mol. The van der Waals surface area contributed by atoms with Gasteiger partial charge >= 0.3 is 0 Å². The van der Waals surface area contributed by atoms with Gasteiger partial charge in [0, 0.05) is 5.69 Å². The molecule has 0 saturated heterocycles. The van der Waals surface area contributed by atoms with Crippen LogP contribution in [0.25, 0.3) is 0 Å². The molecule has 27 heavy (non-hydrogen) atoms. The zero-order chi connectivity index (χ0) is 18.8. The quantitative estimate of drug-likeness (QED) is 0.903. The number of rotatable bonds is 3. The molecule has 4 bridgehead atoms. The van der Waals surface area contributed by atoms with E-state index in [0.29, 0.717) is 17.7 Å². The maximum atomic E-state index is 13.5. The van der Waals surface area contributed by atoms with Crippen molar-refractivity contribution in [1.29, 1.82) is 0 Å². The number of nitrogens with one attached hydrogen (secondary N) is 1. The van der Waals surface area contributed by atoms with Gasteiger partial charge in [-0.1, -0.05) is 6.07 Å². The number of hydrogen-bond acceptors (Lipinski definition) is 4. The Labute approximate surface area is 159 Å². The molecule has 142 valence electrons. The largest absolute Gasteiger partial charge is 0.326 e. The summed E-state index contributed by atoms with van der Waals surface area (Å²) in [5.74, 6) is 2.06. The molecule has 4 aliphatic carbocycles. The van der Waals surface area contributed by atoms with E-state index in [-0.39, 0.29) is 16.9 Å². The molecule has 1 amide bonds. The lowest BCUT2D eigenvalue weighted by molar-refractivity contribution is -0.152. The van der Waals surface area contributed by atoms with Gasteiger partial charge in [-0.3, -0.25) is 4.79 Å². The zero-order valence-electron chi connectivity index (χ0n) is 16.3. The minimum atomic E-state index is -0.302. The van der Waals surface area contributed by atoms with Gasteiger partial charge in [0.25, 0.3) is 0 Å². The number of carbonyl (C=O) groups excluding carboxylic acids is 1. The highest BCUT2D eigenvalue weighted by atomic mass is 16.2. The van der Waals surface area contributed by atoms with Crippen LogP contribution in [0, 0.1) is 38.0 Å². The van der Waals surface area contributed by atoms with Gasteiger partial charge in [0.05, 0.1) is 11.0 Å². The Morgan fingerprint density at radius 1 is 1.07 bits per heavy atom. The maximum Gasteiger partial charge on any atom is 0.230 e. The van der Waals surface area contributed by atoms with E-state index < -0.39 is 0 Å². The topological polar surface area (TPSA) is 72.7 Å². The molecule has 0 aliphatic heterocycles. The number of nitrogens with zero attached hydrogens (tertiary/aromatic N) is 4. The fourth-order valence-corrected chi connectivity index (χ4v) is 6.51. The summed E-state index contributed by atoms with van der Waals surface area (Å²) in [4.78, 5) is 15.3. The molecule has 6 rings (SSSR count). The monoisotopic (exact) mass is 365 g/mol. The molecule has 0 spiro atoms. The van der Waals surface area contributed by atoms with Gasteiger partial charge in [0.2, 0.25) is 5.91 Å². The van der Waals surface area contributed by atoms with Gasteiger partial charge in [-0.25, -0.2) is 0 Å². The molecule has 2 unspecified atom stereocenters. The molecule has 0 radical (unpaired) electrons. The predicted molar refractivity (Wildman–Crippen MR) is 102 cm³/mol. The minimum absolute atomic E-state index is 0.134. The summed E-state index contributed by atoms with van der Waals surface area (Å²) in [6.45, 7) is 6.02.